The molecule has 4 rings (SSSR count). The molecule has 9 heteroatoms. The summed E-state index contributed by atoms with van der Waals surface area (Å²) >= 11 is 0. The van der Waals surface area contributed by atoms with Crippen LogP contribution in [0, 0.1) is 12.7 Å². The molecule has 0 spiro atoms. The Kier molecular flexibility index (Phi) is 5.59. The number of hydrogen-bond donors (Lipinski definition) is 1. The minimum atomic E-state index is -0.441. The number of benzene rings is 2. The summed E-state index contributed by atoms with van der Waals surface area (Å²) in [6, 6.07) is 13.1. The van der Waals surface area contributed by atoms with Crippen LogP contribution >= 0.6 is 0 Å². The van der Waals surface area contributed by atoms with E-state index in [1.807, 2.05) is 6.07 Å². The van der Waals surface area contributed by atoms with Gasteiger partial charge in [0.25, 0.3) is 5.91 Å². The van der Waals surface area contributed by atoms with E-state index >= 15 is 0 Å². The van der Waals surface area contributed by atoms with Crippen LogP contribution < -0.4 is 10.1 Å². The van der Waals surface area contributed by atoms with Crippen molar-refractivity contribution in [2.75, 3.05) is 19.5 Å². The zero-order chi connectivity index (χ0) is 22.0. The Morgan fingerprint density at radius 1 is 1.10 bits per heavy atom. The van der Waals surface area contributed by atoms with Crippen molar-refractivity contribution in [2.24, 2.45) is 0 Å². The van der Waals surface area contributed by atoms with Gasteiger partial charge in [-0.15, -0.1) is 10.2 Å². The molecule has 1 amide bonds. The standard InChI is InChI=1S/C22H20FN5O3/c1-13-20(22(29)24-16-6-4-5-7-18(16)31-3)25-26-21-19(14-8-10-15(23)11-9-14)17(12-30-2)27-28(13)21/h4-11H,12H2,1-3H3,(H,24,29). The Balaban J connectivity index is 1.78. The normalized spacial score (nSPS) is 11.0. The number of hydrogen-bond acceptors (Lipinski definition) is 6. The third-order valence-electron chi connectivity index (χ3n) is 4.82. The number of carbonyl (C=O) groups excluding carboxylic acids is 1. The second-order valence-corrected chi connectivity index (χ2v) is 6.79. The number of aryl methyl sites for hydroxylation is 1. The third-order valence-corrected chi connectivity index (χ3v) is 4.82. The molecule has 0 fully saturated rings. The molecule has 4 aromatic rings. The van der Waals surface area contributed by atoms with E-state index in [-0.39, 0.29) is 18.1 Å². The van der Waals surface area contributed by atoms with Crippen LogP contribution in [0.5, 0.6) is 5.75 Å². The molecule has 8 nitrogen and oxygen atoms in total. The van der Waals surface area contributed by atoms with Gasteiger partial charge in [0, 0.05) is 7.11 Å². The second kappa shape index (κ2) is 8.49. The van der Waals surface area contributed by atoms with E-state index in [4.69, 9.17) is 9.47 Å². The third kappa shape index (κ3) is 3.82. The Morgan fingerprint density at radius 2 is 1.84 bits per heavy atom. The fraction of sp³-hybridized carbons (Fsp3) is 0.182. The average molecular weight is 421 g/mol. The van der Waals surface area contributed by atoms with E-state index in [0.29, 0.717) is 34.0 Å². The number of amides is 1. The number of aromatic nitrogens is 4. The lowest BCUT2D eigenvalue weighted by molar-refractivity contribution is 0.101. The molecule has 0 aliphatic carbocycles. The molecular formula is C22H20FN5O3. The lowest BCUT2D eigenvalue weighted by Crippen LogP contribution is -2.19. The van der Waals surface area contributed by atoms with Crippen LogP contribution in [-0.4, -0.2) is 39.9 Å². The number of methoxy groups -OCH3 is 2. The van der Waals surface area contributed by atoms with Gasteiger partial charge < -0.3 is 14.8 Å². The van der Waals surface area contributed by atoms with Gasteiger partial charge in [-0.3, -0.25) is 4.79 Å². The molecule has 2 heterocycles. The number of ether oxygens (including phenoxy) is 2. The number of para-hydroxylation sites is 2. The van der Waals surface area contributed by atoms with Crippen molar-refractivity contribution in [3.05, 3.63) is 71.4 Å². The van der Waals surface area contributed by atoms with Crippen molar-refractivity contribution < 1.29 is 18.7 Å². The molecule has 0 unspecified atom stereocenters. The molecule has 0 aliphatic heterocycles. The second-order valence-electron chi connectivity index (χ2n) is 6.79. The number of fused-ring (bicyclic) bond motifs is 1. The van der Waals surface area contributed by atoms with Gasteiger partial charge in [-0.1, -0.05) is 24.3 Å². The lowest BCUT2D eigenvalue weighted by atomic mass is 10.1. The van der Waals surface area contributed by atoms with Gasteiger partial charge in [0.1, 0.15) is 11.6 Å². The molecule has 2 aromatic heterocycles. The molecule has 0 aliphatic rings. The van der Waals surface area contributed by atoms with Crippen LogP contribution in [0.25, 0.3) is 16.8 Å². The number of rotatable bonds is 6. The predicted molar refractivity (Wildman–Crippen MR) is 113 cm³/mol. The Hall–Kier alpha value is -3.85. The van der Waals surface area contributed by atoms with Crippen LogP contribution in [-0.2, 0) is 11.3 Å². The number of nitrogens with zero attached hydrogens (tertiary/aromatic N) is 4. The summed E-state index contributed by atoms with van der Waals surface area (Å²) < 4.78 is 25.5. The molecule has 0 bridgehead atoms. The van der Waals surface area contributed by atoms with Crippen molar-refractivity contribution in [1.82, 2.24) is 19.8 Å². The summed E-state index contributed by atoms with van der Waals surface area (Å²) in [6.45, 7) is 1.95. The van der Waals surface area contributed by atoms with E-state index in [1.54, 1.807) is 48.9 Å². The lowest BCUT2D eigenvalue weighted by Gasteiger charge is -2.10. The largest absolute Gasteiger partial charge is 0.495 e. The minimum absolute atomic E-state index is 0.121. The molecule has 158 valence electrons. The van der Waals surface area contributed by atoms with Gasteiger partial charge in [0.05, 0.1) is 36.4 Å². The topological polar surface area (TPSA) is 90.6 Å². The van der Waals surface area contributed by atoms with Crippen molar-refractivity contribution in [2.45, 2.75) is 13.5 Å². The fourth-order valence-corrected chi connectivity index (χ4v) is 3.34. The predicted octanol–water partition coefficient (Wildman–Crippen LogP) is 3.65. The Morgan fingerprint density at radius 3 is 2.55 bits per heavy atom. The maximum Gasteiger partial charge on any atom is 0.278 e. The summed E-state index contributed by atoms with van der Waals surface area (Å²) in [5.41, 5.74) is 3.60. The van der Waals surface area contributed by atoms with E-state index in [2.05, 4.69) is 20.6 Å². The molecule has 0 saturated heterocycles. The zero-order valence-corrected chi connectivity index (χ0v) is 17.2. The van der Waals surface area contributed by atoms with Crippen molar-refractivity contribution in [3.8, 4) is 16.9 Å². The SMILES string of the molecule is COCc1nn2c(C)c(C(=O)Nc3ccccc3OC)nnc2c1-c1ccc(F)cc1. The van der Waals surface area contributed by atoms with E-state index in [0.717, 1.165) is 5.56 Å². The van der Waals surface area contributed by atoms with Crippen LogP contribution in [0.3, 0.4) is 0 Å². The maximum atomic E-state index is 13.4. The van der Waals surface area contributed by atoms with Gasteiger partial charge in [0.15, 0.2) is 11.3 Å². The van der Waals surface area contributed by atoms with E-state index < -0.39 is 5.91 Å². The van der Waals surface area contributed by atoms with Gasteiger partial charge >= 0.3 is 0 Å². The van der Waals surface area contributed by atoms with Gasteiger partial charge in [-0.05, 0) is 36.8 Å². The smallest absolute Gasteiger partial charge is 0.278 e. The number of halogens is 1. The molecule has 31 heavy (non-hydrogen) atoms. The van der Waals surface area contributed by atoms with Crippen molar-refractivity contribution >= 4 is 17.2 Å². The first-order valence-corrected chi connectivity index (χ1v) is 9.47. The number of nitrogens with one attached hydrogen (secondary N) is 1. The quantitative estimate of drug-likeness (QED) is 0.511. The monoisotopic (exact) mass is 421 g/mol. The Bertz CT molecular complexity index is 1250. The zero-order valence-electron chi connectivity index (χ0n) is 17.2. The maximum absolute atomic E-state index is 13.4. The van der Waals surface area contributed by atoms with Crippen LogP contribution in [0.1, 0.15) is 21.9 Å². The van der Waals surface area contributed by atoms with Crippen LogP contribution in [0.4, 0.5) is 10.1 Å². The first-order valence-electron chi connectivity index (χ1n) is 9.47. The van der Waals surface area contributed by atoms with E-state index in [9.17, 15) is 9.18 Å². The molecular weight excluding hydrogens is 401 g/mol. The summed E-state index contributed by atoms with van der Waals surface area (Å²) in [7, 11) is 3.09. The van der Waals surface area contributed by atoms with Crippen molar-refractivity contribution in [3.63, 3.8) is 0 Å². The molecule has 2 aromatic carbocycles. The molecule has 0 atom stereocenters. The highest BCUT2D eigenvalue weighted by Gasteiger charge is 2.22. The highest BCUT2D eigenvalue weighted by atomic mass is 19.1. The summed E-state index contributed by atoms with van der Waals surface area (Å²) in [4.78, 5) is 12.9. The number of carbonyl (C=O) groups is 1. The highest BCUT2D eigenvalue weighted by Crippen LogP contribution is 2.29. The Labute approximate surface area is 177 Å². The van der Waals surface area contributed by atoms with Gasteiger partial charge in [0.2, 0.25) is 0 Å². The van der Waals surface area contributed by atoms with E-state index in [1.165, 1.54) is 19.2 Å². The minimum Gasteiger partial charge on any atom is -0.495 e. The first-order chi connectivity index (χ1) is 15.0. The van der Waals surface area contributed by atoms with Crippen molar-refractivity contribution in [1.29, 1.82) is 0 Å². The first kappa shape index (κ1) is 20.4. The number of anilines is 1. The fourth-order valence-electron chi connectivity index (χ4n) is 3.34. The molecule has 0 radical (unpaired) electrons. The highest BCUT2D eigenvalue weighted by molar-refractivity contribution is 6.04. The van der Waals surface area contributed by atoms with Crippen LogP contribution in [0.2, 0.25) is 0 Å². The average Bonchev–Trinajstić information content (AvgIpc) is 3.14. The summed E-state index contributed by atoms with van der Waals surface area (Å²) in [6.07, 6.45) is 0. The van der Waals surface area contributed by atoms with Gasteiger partial charge in [-0.2, -0.15) is 5.10 Å². The molecule has 0 saturated carbocycles. The van der Waals surface area contributed by atoms with Crippen LogP contribution in [0.15, 0.2) is 48.5 Å². The summed E-state index contributed by atoms with van der Waals surface area (Å²) in [5, 5.41) is 15.8. The summed E-state index contributed by atoms with van der Waals surface area (Å²) in [5.74, 6) is -0.253. The van der Waals surface area contributed by atoms with Gasteiger partial charge in [-0.25, -0.2) is 8.91 Å². The molecule has 1 N–H and O–H groups in total.